The van der Waals surface area contributed by atoms with E-state index in [1.54, 1.807) is 12.1 Å². The minimum Gasteiger partial charge on any atom is -0.378 e. The van der Waals surface area contributed by atoms with Crippen LogP contribution >= 0.6 is 0 Å². The van der Waals surface area contributed by atoms with Gasteiger partial charge in [0.05, 0.1) is 13.2 Å². The highest BCUT2D eigenvalue weighted by atomic mass is 19.1. The number of morpholine rings is 1. The highest BCUT2D eigenvalue weighted by molar-refractivity contribution is 5.94. The van der Waals surface area contributed by atoms with E-state index in [0.717, 1.165) is 12.8 Å². The third-order valence-corrected chi connectivity index (χ3v) is 3.67. The van der Waals surface area contributed by atoms with E-state index < -0.39 is 0 Å². The lowest BCUT2D eigenvalue weighted by molar-refractivity contribution is 0.0148. The molecule has 2 fully saturated rings. The zero-order valence-electron chi connectivity index (χ0n) is 10.6. The number of hydrogen-bond acceptors (Lipinski definition) is 3. The van der Waals surface area contributed by atoms with Gasteiger partial charge in [-0.05, 0) is 31.0 Å². The molecule has 1 aromatic rings. The van der Waals surface area contributed by atoms with E-state index in [0.29, 0.717) is 30.9 Å². The molecule has 0 spiro atoms. The standard InChI is InChI=1S/C14H17FN2O2/c15-10-3-1-2-9(4-10)14(18)17-11-5-12-7-19-8-13(6-11)16-12/h1-4,11-13,16H,5-8H2,(H,17,18). The van der Waals surface area contributed by atoms with Gasteiger partial charge in [-0.3, -0.25) is 4.79 Å². The Balaban J connectivity index is 1.63. The van der Waals surface area contributed by atoms with Crippen LogP contribution in [0.3, 0.4) is 0 Å². The normalized spacial score (nSPS) is 29.8. The third kappa shape index (κ3) is 2.93. The lowest BCUT2D eigenvalue weighted by Crippen LogP contribution is -2.58. The van der Waals surface area contributed by atoms with E-state index in [4.69, 9.17) is 4.74 Å². The van der Waals surface area contributed by atoms with E-state index in [-0.39, 0.29) is 17.8 Å². The van der Waals surface area contributed by atoms with E-state index in [9.17, 15) is 9.18 Å². The lowest BCUT2D eigenvalue weighted by atomic mass is 9.92. The van der Waals surface area contributed by atoms with Crippen molar-refractivity contribution < 1.29 is 13.9 Å². The zero-order valence-corrected chi connectivity index (χ0v) is 10.6. The Morgan fingerprint density at radius 2 is 2.05 bits per heavy atom. The Kier molecular flexibility index (Phi) is 3.48. The smallest absolute Gasteiger partial charge is 0.251 e. The summed E-state index contributed by atoms with van der Waals surface area (Å²) < 4.78 is 18.6. The van der Waals surface area contributed by atoms with Gasteiger partial charge in [-0.1, -0.05) is 6.07 Å². The number of nitrogens with one attached hydrogen (secondary N) is 2. The minimum atomic E-state index is -0.386. The van der Waals surface area contributed by atoms with Crippen molar-refractivity contribution in [1.29, 1.82) is 0 Å². The van der Waals surface area contributed by atoms with Crippen molar-refractivity contribution >= 4 is 5.91 Å². The maximum absolute atomic E-state index is 13.1. The van der Waals surface area contributed by atoms with Crippen molar-refractivity contribution in [2.24, 2.45) is 0 Å². The first-order valence-corrected chi connectivity index (χ1v) is 6.61. The molecule has 2 heterocycles. The van der Waals surface area contributed by atoms with Crippen LogP contribution in [-0.4, -0.2) is 37.2 Å². The molecule has 1 amide bonds. The van der Waals surface area contributed by atoms with Crippen molar-refractivity contribution in [2.75, 3.05) is 13.2 Å². The van der Waals surface area contributed by atoms with Crippen LogP contribution in [0.1, 0.15) is 23.2 Å². The van der Waals surface area contributed by atoms with Gasteiger partial charge in [-0.15, -0.1) is 0 Å². The van der Waals surface area contributed by atoms with E-state index in [1.165, 1.54) is 12.1 Å². The molecular weight excluding hydrogens is 247 g/mol. The Labute approximate surface area is 111 Å². The molecule has 0 saturated carbocycles. The number of ether oxygens (including phenoxy) is 1. The van der Waals surface area contributed by atoms with Gasteiger partial charge >= 0.3 is 0 Å². The molecule has 2 aliphatic heterocycles. The number of rotatable bonds is 2. The number of piperidine rings is 1. The predicted octanol–water partition coefficient (Wildman–Crippen LogP) is 1.07. The SMILES string of the molecule is O=C(NC1CC2COCC(C1)N2)c1cccc(F)c1. The monoisotopic (exact) mass is 264 g/mol. The summed E-state index contributed by atoms with van der Waals surface area (Å²) in [5, 5.41) is 6.46. The van der Waals surface area contributed by atoms with Crippen LogP contribution in [0, 0.1) is 5.82 Å². The first-order valence-electron chi connectivity index (χ1n) is 6.61. The van der Waals surface area contributed by atoms with Gasteiger partial charge in [0, 0.05) is 23.7 Å². The van der Waals surface area contributed by atoms with E-state index in [1.807, 2.05) is 0 Å². The van der Waals surface area contributed by atoms with Crippen LogP contribution in [0.2, 0.25) is 0 Å². The zero-order chi connectivity index (χ0) is 13.2. The molecule has 2 N–H and O–H groups in total. The molecule has 1 aromatic carbocycles. The Bertz CT molecular complexity index is 468. The number of halogens is 1. The number of fused-ring (bicyclic) bond motifs is 2. The average Bonchev–Trinajstić information content (AvgIpc) is 2.38. The molecule has 2 aliphatic rings. The summed E-state index contributed by atoms with van der Waals surface area (Å²) in [6, 6.07) is 6.54. The highest BCUT2D eigenvalue weighted by Gasteiger charge is 2.32. The molecule has 2 bridgehead atoms. The van der Waals surface area contributed by atoms with Gasteiger partial charge in [0.1, 0.15) is 5.82 Å². The summed E-state index contributed by atoms with van der Waals surface area (Å²) in [4.78, 5) is 12.1. The number of amides is 1. The first-order chi connectivity index (χ1) is 9.20. The van der Waals surface area contributed by atoms with Crippen molar-refractivity contribution in [3.63, 3.8) is 0 Å². The fraction of sp³-hybridized carbons (Fsp3) is 0.500. The summed E-state index contributed by atoms with van der Waals surface area (Å²) in [5.74, 6) is -0.589. The number of carbonyl (C=O) groups excluding carboxylic acids is 1. The van der Waals surface area contributed by atoms with E-state index >= 15 is 0 Å². The molecule has 5 heteroatoms. The van der Waals surface area contributed by atoms with Gasteiger partial charge in [0.2, 0.25) is 0 Å². The molecule has 0 aliphatic carbocycles. The topological polar surface area (TPSA) is 50.4 Å². The van der Waals surface area contributed by atoms with Crippen LogP contribution in [0.15, 0.2) is 24.3 Å². The average molecular weight is 264 g/mol. The highest BCUT2D eigenvalue weighted by Crippen LogP contribution is 2.19. The third-order valence-electron chi connectivity index (χ3n) is 3.67. The van der Waals surface area contributed by atoms with E-state index in [2.05, 4.69) is 10.6 Å². The van der Waals surface area contributed by atoms with Crippen molar-refractivity contribution in [2.45, 2.75) is 31.0 Å². The first kappa shape index (κ1) is 12.6. The summed E-state index contributed by atoms with van der Waals surface area (Å²) in [5.41, 5.74) is 0.375. The Hall–Kier alpha value is -1.46. The van der Waals surface area contributed by atoms with Crippen molar-refractivity contribution in [3.8, 4) is 0 Å². The number of benzene rings is 1. The van der Waals surface area contributed by atoms with Crippen LogP contribution in [0.5, 0.6) is 0 Å². The second kappa shape index (κ2) is 5.27. The quantitative estimate of drug-likeness (QED) is 0.840. The predicted molar refractivity (Wildman–Crippen MR) is 68.4 cm³/mol. The molecule has 0 aromatic heterocycles. The summed E-state index contributed by atoms with van der Waals surface area (Å²) in [7, 11) is 0. The summed E-state index contributed by atoms with van der Waals surface area (Å²) >= 11 is 0. The molecule has 3 rings (SSSR count). The van der Waals surface area contributed by atoms with Gasteiger partial charge in [0.25, 0.3) is 5.91 Å². The second-order valence-corrected chi connectivity index (χ2v) is 5.25. The lowest BCUT2D eigenvalue weighted by Gasteiger charge is -2.40. The maximum atomic E-state index is 13.1. The van der Waals surface area contributed by atoms with Crippen LogP contribution in [0.4, 0.5) is 4.39 Å². The second-order valence-electron chi connectivity index (χ2n) is 5.25. The van der Waals surface area contributed by atoms with Crippen molar-refractivity contribution in [1.82, 2.24) is 10.6 Å². The van der Waals surface area contributed by atoms with Gasteiger partial charge in [0.15, 0.2) is 0 Å². The number of carbonyl (C=O) groups is 1. The molecule has 19 heavy (non-hydrogen) atoms. The number of hydrogen-bond donors (Lipinski definition) is 2. The molecular formula is C14H17FN2O2. The molecule has 2 saturated heterocycles. The van der Waals surface area contributed by atoms with Gasteiger partial charge in [-0.25, -0.2) is 4.39 Å². The fourth-order valence-electron chi connectivity index (χ4n) is 2.85. The van der Waals surface area contributed by atoms with Crippen LogP contribution in [-0.2, 0) is 4.74 Å². The molecule has 4 nitrogen and oxygen atoms in total. The maximum Gasteiger partial charge on any atom is 0.251 e. The largest absolute Gasteiger partial charge is 0.378 e. The van der Waals surface area contributed by atoms with Crippen LogP contribution in [0.25, 0.3) is 0 Å². The molecule has 2 unspecified atom stereocenters. The van der Waals surface area contributed by atoms with Crippen LogP contribution < -0.4 is 10.6 Å². The summed E-state index contributed by atoms with van der Waals surface area (Å²) in [6.07, 6.45) is 1.72. The van der Waals surface area contributed by atoms with Gasteiger partial charge < -0.3 is 15.4 Å². The van der Waals surface area contributed by atoms with Crippen molar-refractivity contribution in [3.05, 3.63) is 35.6 Å². The Morgan fingerprint density at radius 1 is 1.32 bits per heavy atom. The summed E-state index contributed by atoms with van der Waals surface area (Å²) in [6.45, 7) is 1.39. The molecule has 102 valence electrons. The Morgan fingerprint density at radius 3 is 2.74 bits per heavy atom. The fourth-order valence-corrected chi connectivity index (χ4v) is 2.85. The molecule has 0 radical (unpaired) electrons. The van der Waals surface area contributed by atoms with Gasteiger partial charge in [-0.2, -0.15) is 0 Å². The molecule has 2 atom stereocenters. The minimum absolute atomic E-state index is 0.135.